The van der Waals surface area contributed by atoms with Crippen LogP contribution in [0, 0.1) is 11.6 Å². The van der Waals surface area contributed by atoms with E-state index in [-0.39, 0.29) is 11.8 Å². The normalized spacial score (nSPS) is 15.6. The van der Waals surface area contributed by atoms with Crippen molar-refractivity contribution < 1.29 is 23.1 Å². The molecule has 0 aliphatic carbocycles. The monoisotopic (exact) mass is 443 g/mol. The van der Waals surface area contributed by atoms with E-state index >= 15 is 0 Å². The number of ether oxygens (including phenoxy) is 1. The maximum Gasteiger partial charge on any atom is 0.257 e. The van der Waals surface area contributed by atoms with E-state index < -0.39 is 17.7 Å². The predicted molar refractivity (Wildman–Crippen MR) is 113 cm³/mol. The first-order valence-electron chi connectivity index (χ1n) is 9.70. The number of benzene rings is 2. The number of amides is 2. The number of nitrogens with zero attached hydrogens (tertiary/aromatic N) is 1. The van der Waals surface area contributed by atoms with Gasteiger partial charge in [0.1, 0.15) is 17.7 Å². The van der Waals surface area contributed by atoms with Crippen LogP contribution in [0.5, 0.6) is 0 Å². The number of carbonyl (C=O) groups is 2. The average molecular weight is 443 g/mol. The topological polar surface area (TPSA) is 80.3 Å². The zero-order chi connectivity index (χ0) is 21.8. The molecule has 2 aromatic carbocycles. The predicted octanol–water partition coefficient (Wildman–Crippen LogP) is 4.38. The zero-order valence-electron chi connectivity index (χ0n) is 16.4. The van der Waals surface area contributed by atoms with Gasteiger partial charge in [0, 0.05) is 41.4 Å². The fraction of sp³-hybridized carbons (Fsp3) is 0.227. The largest absolute Gasteiger partial charge is 0.368 e. The van der Waals surface area contributed by atoms with E-state index in [0.717, 1.165) is 17.4 Å². The van der Waals surface area contributed by atoms with Gasteiger partial charge in [-0.25, -0.2) is 13.8 Å². The number of anilines is 2. The molecule has 3 aromatic rings. The van der Waals surface area contributed by atoms with Crippen LogP contribution in [0.2, 0.25) is 0 Å². The summed E-state index contributed by atoms with van der Waals surface area (Å²) in [4.78, 5) is 29.7. The Labute approximate surface area is 181 Å². The second-order valence-electron chi connectivity index (χ2n) is 7.11. The van der Waals surface area contributed by atoms with E-state index in [4.69, 9.17) is 4.74 Å². The maximum atomic E-state index is 13.4. The molecule has 1 atom stereocenters. The smallest absolute Gasteiger partial charge is 0.257 e. The molecule has 0 unspecified atom stereocenters. The van der Waals surface area contributed by atoms with Crippen molar-refractivity contribution in [1.29, 1.82) is 0 Å². The molecule has 160 valence electrons. The number of hydrogen-bond acceptors (Lipinski definition) is 5. The van der Waals surface area contributed by atoms with E-state index in [1.54, 1.807) is 30.5 Å². The summed E-state index contributed by atoms with van der Waals surface area (Å²) in [7, 11) is 0. The van der Waals surface area contributed by atoms with Gasteiger partial charge in [0.2, 0.25) is 0 Å². The lowest BCUT2D eigenvalue weighted by Gasteiger charge is -2.11. The van der Waals surface area contributed by atoms with Crippen LogP contribution in [-0.4, -0.2) is 29.5 Å². The van der Waals surface area contributed by atoms with Crippen LogP contribution in [-0.2, 0) is 16.0 Å². The Morgan fingerprint density at radius 3 is 2.68 bits per heavy atom. The van der Waals surface area contributed by atoms with Crippen LogP contribution < -0.4 is 10.6 Å². The van der Waals surface area contributed by atoms with Gasteiger partial charge in [-0.05, 0) is 48.7 Å². The first kappa shape index (κ1) is 21.1. The quantitative estimate of drug-likeness (QED) is 0.593. The highest BCUT2D eigenvalue weighted by molar-refractivity contribution is 7.15. The highest BCUT2D eigenvalue weighted by atomic mass is 32.1. The van der Waals surface area contributed by atoms with Crippen molar-refractivity contribution in [2.24, 2.45) is 0 Å². The van der Waals surface area contributed by atoms with E-state index in [1.165, 1.54) is 23.5 Å². The van der Waals surface area contributed by atoms with E-state index in [1.807, 2.05) is 0 Å². The number of thiazole rings is 1. The van der Waals surface area contributed by atoms with Gasteiger partial charge in [0.15, 0.2) is 5.13 Å². The summed E-state index contributed by atoms with van der Waals surface area (Å²) in [6.07, 6.45) is 2.93. The van der Waals surface area contributed by atoms with Crippen LogP contribution >= 0.6 is 11.3 Å². The molecule has 1 aromatic heterocycles. The van der Waals surface area contributed by atoms with Gasteiger partial charge >= 0.3 is 0 Å². The molecule has 1 fully saturated rings. The summed E-state index contributed by atoms with van der Waals surface area (Å²) >= 11 is 1.22. The minimum absolute atomic E-state index is 0.228. The summed E-state index contributed by atoms with van der Waals surface area (Å²) in [5.74, 6) is -1.89. The van der Waals surface area contributed by atoms with Gasteiger partial charge in [0.05, 0.1) is 0 Å². The minimum atomic E-state index is -0.639. The van der Waals surface area contributed by atoms with Crippen LogP contribution in [0.15, 0.2) is 48.7 Å². The molecule has 2 heterocycles. The van der Waals surface area contributed by atoms with Crippen molar-refractivity contribution in [2.75, 3.05) is 17.2 Å². The average Bonchev–Trinajstić information content (AvgIpc) is 3.40. The highest BCUT2D eigenvalue weighted by Crippen LogP contribution is 2.23. The first-order chi connectivity index (χ1) is 15.0. The number of aromatic nitrogens is 1. The Kier molecular flexibility index (Phi) is 6.34. The van der Waals surface area contributed by atoms with Gasteiger partial charge in [-0.1, -0.05) is 6.07 Å². The van der Waals surface area contributed by atoms with Crippen molar-refractivity contribution in [3.63, 3.8) is 0 Å². The van der Waals surface area contributed by atoms with E-state index in [2.05, 4.69) is 15.6 Å². The first-order valence-corrected chi connectivity index (χ1v) is 10.5. The lowest BCUT2D eigenvalue weighted by molar-refractivity contribution is -0.124. The SMILES string of the molecule is O=C(Nc1ncc(Cc2cc(F)cc(F)c2)s1)c1cccc(NC(=O)[C@H]2CCCO2)c1. The van der Waals surface area contributed by atoms with Crippen molar-refractivity contribution in [1.82, 2.24) is 4.98 Å². The summed E-state index contributed by atoms with van der Waals surface area (Å²) in [6, 6.07) is 9.91. The number of nitrogens with one attached hydrogen (secondary N) is 2. The maximum absolute atomic E-state index is 13.4. The second kappa shape index (κ2) is 9.32. The molecule has 2 N–H and O–H groups in total. The fourth-order valence-corrected chi connectivity index (χ4v) is 4.12. The molecule has 9 heteroatoms. The Hall–Kier alpha value is -3.17. The Bertz CT molecular complexity index is 1090. The van der Waals surface area contributed by atoms with E-state index in [0.29, 0.717) is 41.4 Å². The van der Waals surface area contributed by atoms with Crippen molar-refractivity contribution in [3.05, 3.63) is 76.3 Å². The van der Waals surface area contributed by atoms with Crippen molar-refractivity contribution >= 4 is 34.0 Å². The molecule has 1 aliphatic rings. The number of carbonyl (C=O) groups excluding carboxylic acids is 2. The molecular weight excluding hydrogens is 424 g/mol. The molecule has 0 saturated carbocycles. The molecule has 0 spiro atoms. The highest BCUT2D eigenvalue weighted by Gasteiger charge is 2.23. The van der Waals surface area contributed by atoms with Crippen molar-refractivity contribution in [2.45, 2.75) is 25.4 Å². The molecular formula is C22H19F2N3O3S. The Morgan fingerprint density at radius 2 is 1.94 bits per heavy atom. The van der Waals surface area contributed by atoms with Gasteiger partial charge in [-0.2, -0.15) is 0 Å². The lowest BCUT2D eigenvalue weighted by Crippen LogP contribution is -2.27. The van der Waals surface area contributed by atoms with Crippen LogP contribution in [0.3, 0.4) is 0 Å². The summed E-state index contributed by atoms with van der Waals surface area (Å²) in [6.45, 7) is 0.574. The Morgan fingerprint density at radius 1 is 1.13 bits per heavy atom. The third-order valence-electron chi connectivity index (χ3n) is 4.69. The summed E-state index contributed by atoms with van der Waals surface area (Å²) in [5, 5.41) is 5.84. The molecule has 2 amide bonds. The molecule has 1 aliphatic heterocycles. The second-order valence-corrected chi connectivity index (χ2v) is 8.23. The standard InChI is InChI=1S/C22H19F2N3O3S/c23-15-7-13(8-16(24)11-15)9-18-12-25-22(31-18)27-20(28)14-3-1-4-17(10-14)26-21(29)19-5-2-6-30-19/h1,3-4,7-8,10-12,19H,2,5-6,9H2,(H,26,29)(H,25,27,28)/t19-/m1/s1. The summed E-state index contributed by atoms with van der Waals surface area (Å²) in [5.41, 5.74) is 1.34. The lowest BCUT2D eigenvalue weighted by atomic mass is 10.1. The molecule has 0 radical (unpaired) electrons. The van der Waals surface area contributed by atoms with Crippen molar-refractivity contribution in [3.8, 4) is 0 Å². The van der Waals surface area contributed by atoms with Gasteiger partial charge in [-0.15, -0.1) is 11.3 Å². The van der Waals surface area contributed by atoms with E-state index in [9.17, 15) is 18.4 Å². The summed E-state index contributed by atoms with van der Waals surface area (Å²) < 4.78 is 32.1. The Balaban J connectivity index is 1.39. The number of halogens is 2. The molecule has 1 saturated heterocycles. The molecule has 6 nitrogen and oxygen atoms in total. The number of rotatable bonds is 6. The minimum Gasteiger partial charge on any atom is -0.368 e. The number of hydrogen-bond donors (Lipinski definition) is 2. The zero-order valence-corrected chi connectivity index (χ0v) is 17.2. The van der Waals surface area contributed by atoms with Gasteiger partial charge in [0.25, 0.3) is 11.8 Å². The van der Waals surface area contributed by atoms with Crippen LogP contribution in [0.1, 0.15) is 33.6 Å². The third-order valence-corrected chi connectivity index (χ3v) is 5.60. The van der Waals surface area contributed by atoms with Crippen LogP contribution in [0.4, 0.5) is 19.6 Å². The molecule has 4 rings (SSSR count). The fourth-order valence-electron chi connectivity index (χ4n) is 3.28. The third kappa shape index (κ3) is 5.50. The van der Waals surface area contributed by atoms with Gasteiger partial charge < -0.3 is 10.1 Å². The van der Waals surface area contributed by atoms with Crippen LogP contribution in [0.25, 0.3) is 0 Å². The molecule has 31 heavy (non-hydrogen) atoms. The molecule has 0 bridgehead atoms. The van der Waals surface area contributed by atoms with Gasteiger partial charge in [-0.3, -0.25) is 14.9 Å².